The van der Waals surface area contributed by atoms with Gasteiger partial charge in [0.15, 0.2) is 0 Å². The molecule has 0 aromatic heterocycles. The third kappa shape index (κ3) is 2.41. The molecule has 4 heteroatoms. The molecule has 0 atom stereocenters. The second-order valence-electron chi connectivity index (χ2n) is 6.08. The number of hydrogen-bond donors (Lipinski definition) is 2. The van der Waals surface area contributed by atoms with Crippen molar-refractivity contribution in [2.75, 3.05) is 5.73 Å². The zero-order valence-electron chi connectivity index (χ0n) is 12.8. The number of benzene rings is 2. The Morgan fingerprint density at radius 3 is 2.32 bits per heavy atom. The molecule has 0 radical (unpaired) electrons. The molecule has 0 unspecified atom stereocenters. The molecule has 0 saturated carbocycles. The van der Waals surface area contributed by atoms with E-state index in [1.807, 2.05) is 38.1 Å². The second kappa shape index (κ2) is 5.37. The normalized spacial score (nSPS) is 13.5. The Bertz CT molecular complexity index is 713. The molecule has 3 rings (SSSR count). The minimum absolute atomic E-state index is 0.0529. The van der Waals surface area contributed by atoms with Gasteiger partial charge in [0.05, 0.1) is 5.56 Å². The molecule has 0 bridgehead atoms. The van der Waals surface area contributed by atoms with Gasteiger partial charge in [-0.05, 0) is 28.7 Å². The smallest absolute Gasteiger partial charge is 0.258 e. The summed E-state index contributed by atoms with van der Waals surface area (Å²) >= 11 is 0. The predicted octanol–water partition coefficient (Wildman–Crippen LogP) is 3.25. The minimum Gasteiger partial charge on any atom is -0.507 e. The Hall–Kier alpha value is -2.49. The van der Waals surface area contributed by atoms with Crippen LogP contribution >= 0.6 is 0 Å². The van der Waals surface area contributed by atoms with Gasteiger partial charge in [0.2, 0.25) is 0 Å². The predicted molar refractivity (Wildman–Crippen MR) is 86.6 cm³/mol. The molecule has 1 aliphatic heterocycles. The molecule has 0 aliphatic carbocycles. The van der Waals surface area contributed by atoms with E-state index in [1.165, 1.54) is 6.07 Å². The summed E-state index contributed by atoms with van der Waals surface area (Å²) in [6.45, 7) is 5.19. The molecule has 22 heavy (non-hydrogen) atoms. The first-order valence-corrected chi connectivity index (χ1v) is 7.46. The van der Waals surface area contributed by atoms with Crippen molar-refractivity contribution in [3.05, 3.63) is 58.7 Å². The fourth-order valence-corrected chi connectivity index (χ4v) is 2.94. The number of amides is 1. The van der Waals surface area contributed by atoms with Crippen LogP contribution in [-0.2, 0) is 13.1 Å². The Kier molecular flexibility index (Phi) is 3.53. The van der Waals surface area contributed by atoms with Crippen molar-refractivity contribution in [1.82, 2.24) is 4.90 Å². The number of aromatic hydroxyl groups is 1. The molecular formula is C18H20N2O2. The molecule has 3 N–H and O–H groups in total. The van der Waals surface area contributed by atoms with Gasteiger partial charge in [0.25, 0.3) is 5.91 Å². The number of phenolic OH excluding ortho intramolecular Hbond substituents is 1. The molecule has 0 spiro atoms. The summed E-state index contributed by atoms with van der Waals surface area (Å²) in [5, 5.41) is 10.1. The fraction of sp³-hybridized carbons (Fsp3) is 0.278. The summed E-state index contributed by atoms with van der Waals surface area (Å²) in [6, 6.07) is 11.2. The number of fused-ring (bicyclic) bond motifs is 1. The third-order valence-corrected chi connectivity index (χ3v) is 4.18. The van der Waals surface area contributed by atoms with Crippen LogP contribution in [0, 0.1) is 0 Å². The highest BCUT2D eigenvalue weighted by Crippen LogP contribution is 2.32. The van der Waals surface area contributed by atoms with Crippen molar-refractivity contribution in [1.29, 1.82) is 0 Å². The average molecular weight is 296 g/mol. The molecule has 2 aromatic carbocycles. The zero-order chi connectivity index (χ0) is 15.9. The van der Waals surface area contributed by atoms with Gasteiger partial charge in [-0.25, -0.2) is 0 Å². The molecule has 1 amide bonds. The highest BCUT2D eigenvalue weighted by molar-refractivity contribution is 5.98. The van der Waals surface area contributed by atoms with E-state index in [-0.39, 0.29) is 17.6 Å². The van der Waals surface area contributed by atoms with Gasteiger partial charge < -0.3 is 15.7 Å². The number of nitrogens with zero attached hydrogens (tertiary/aromatic N) is 1. The lowest BCUT2D eigenvalue weighted by molar-refractivity contribution is 0.0748. The first-order valence-electron chi connectivity index (χ1n) is 7.46. The van der Waals surface area contributed by atoms with Gasteiger partial charge in [-0.2, -0.15) is 0 Å². The summed E-state index contributed by atoms with van der Waals surface area (Å²) in [6.07, 6.45) is 0. The number of nitrogen functional groups attached to an aromatic ring is 1. The van der Waals surface area contributed by atoms with Crippen molar-refractivity contribution >= 4 is 11.6 Å². The van der Waals surface area contributed by atoms with Crippen molar-refractivity contribution < 1.29 is 9.90 Å². The fourth-order valence-electron chi connectivity index (χ4n) is 2.94. The van der Waals surface area contributed by atoms with E-state index in [0.29, 0.717) is 24.3 Å². The summed E-state index contributed by atoms with van der Waals surface area (Å²) in [7, 11) is 0. The van der Waals surface area contributed by atoms with Crippen LogP contribution in [0.2, 0.25) is 0 Å². The highest BCUT2D eigenvalue weighted by atomic mass is 16.3. The van der Waals surface area contributed by atoms with Crippen molar-refractivity contribution in [3.63, 3.8) is 0 Å². The molecule has 0 saturated heterocycles. The topological polar surface area (TPSA) is 66.6 Å². The molecule has 1 heterocycles. The van der Waals surface area contributed by atoms with Gasteiger partial charge in [-0.15, -0.1) is 0 Å². The summed E-state index contributed by atoms with van der Waals surface area (Å²) in [4.78, 5) is 14.5. The van der Waals surface area contributed by atoms with E-state index in [9.17, 15) is 9.90 Å². The number of phenols is 1. The molecule has 1 aliphatic rings. The quantitative estimate of drug-likeness (QED) is 0.836. The van der Waals surface area contributed by atoms with Crippen LogP contribution < -0.4 is 5.73 Å². The molecule has 0 fully saturated rings. The Morgan fingerprint density at radius 1 is 1.18 bits per heavy atom. The number of carbonyl (C=O) groups excluding carboxylic acids is 1. The standard InChI is InChI=1S/C18H20N2O2/c1-11(2)14-7-15(17(21)8-16(14)19)18(22)20-9-12-5-3-4-6-13(12)10-20/h3-8,11,21H,9-10,19H2,1-2H3. The monoisotopic (exact) mass is 296 g/mol. The zero-order valence-corrected chi connectivity index (χ0v) is 12.8. The highest BCUT2D eigenvalue weighted by Gasteiger charge is 2.26. The number of rotatable bonds is 2. The lowest BCUT2D eigenvalue weighted by atomic mass is 9.97. The van der Waals surface area contributed by atoms with Crippen LogP contribution in [0.25, 0.3) is 0 Å². The SMILES string of the molecule is CC(C)c1cc(C(=O)N2Cc3ccccc3C2)c(O)cc1N. The lowest BCUT2D eigenvalue weighted by Crippen LogP contribution is -2.25. The van der Waals surface area contributed by atoms with Crippen LogP contribution in [0.15, 0.2) is 36.4 Å². The first kappa shape index (κ1) is 14.4. The van der Waals surface area contributed by atoms with E-state index in [2.05, 4.69) is 0 Å². The molecule has 2 aromatic rings. The Labute approximate surface area is 130 Å². The Balaban J connectivity index is 1.92. The first-order chi connectivity index (χ1) is 10.5. The number of nitrogens with two attached hydrogens (primary N) is 1. The second-order valence-corrected chi connectivity index (χ2v) is 6.08. The van der Waals surface area contributed by atoms with Crippen LogP contribution in [-0.4, -0.2) is 15.9 Å². The van der Waals surface area contributed by atoms with E-state index >= 15 is 0 Å². The molecule has 114 valence electrons. The van der Waals surface area contributed by atoms with Crippen LogP contribution in [0.5, 0.6) is 5.75 Å². The average Bonchev–Trinajstić information content (AvgIpc) is 2.90. The summed E-state index contributed by atoms with van der Waals surface area (Å²) in [5.41, 5.74) is 9.99. The van der Waals surface area contributed by atoms with Gasteiger partial charge >= 0.3 is 0 Å². The third-order valence-electron chi connectivity index (χ3n) is 4.18. The van der Waals surface area contributed by atoms with Crippen molar-refractivity contribution in [2.24, 2.45) is 0 Å². The van der Waals surface area contributed by atoms with E-state index < -0.39 is 0 Å². The molecule has 4 nitrogen and oxygen atoms in total. The number of anilines is 1. The van der Waals surface area contributed by atoms with Crippen LogP contribution in [0.3, 0.4) is 0 Å². The lowest BCUT2D eigenvalue weighted by Gasteiger charge is -2.18. The minimum atomic E-state index is -0.157. The number of hydrogen-bond acceptors (Lipinski definition) is 3. The molecular weight excluding hydrogens is 276 g/mol. The van der Waals surface area contributed by atoms with Gasteiger partial charge in [0.1, 0.15) is 5.75 Å². The summed E-state index contributed by atoms with van der Waals surface area (Å²) < 4.78 is 0. The van der Waals surface area contributed by atoms with E-state index in [4.69, 9.17) is 5.73 Å². The maximum Gasteiger partial charge on any atom is 0.258 e. The maximum atomic E-state index is 12.7. The summed E-state index contributed by atoms with van der Waals surface area (Å²) in [5.74, 6) is -0.0126. The number of carbonyl (C=O) groups is 1. The van der Waals surface area contributed by atoms with Gasteiger partial charge in [-0.3, -0.25) is 4.79 Å². The van der Waals surface area contributed by atoms with Crippen molar-refractivity contribution in [2.45, 2.75) is 32.9 Å². The van der Waals surface area contributed by atoms with Crippen LogP contribution in [0.4, 0.5) is 5.69 Å². The largest absolute Gasteiger partial charge is 0.507 e. The van der Waals surface area contributed by atoms with Crippen molar-refractivity contribution in [3.8, 4) is 5.75 Å². The van der Waals surface area contributed by atoms with Crippen LogP contribution in [0.1, 0.15) is 46.8 Å². The Morgan fingerprint density at radius 2 is 1.77 bits per heavy atom. The van der Waals surface area contributed by atoms with E-state index in [0.717, 1.165) is 16.7 Å². The maximum absolute atomic E-state index is 12.7. The van der Waals surface area contributed by atoms with Gasteiger partial charge in [0, 0.05) is 24.8 Å². The van der Waals surface area contributed by atoms with E-state index in [1.54, 1.807) is 11.0 Å². The van der Waals surface area contributed by atoms with Gasteiger partial charge in [-0.1, -0.05) is 38.1 Å².